The Morgan fingerprint density at radius 3 is 2.75 bits per heavy atom. The van der Waals surface area contributed by atoms with Crippen molar-refractivity contribution in [2.24, 2.45) is 0 Å². The Hall–Kier alpha value is -0.910. The van der Waals surface area contributed by atoms with Gasteiger partial charge in [-0.05, 0) is 21.1 Å². The first-order chi connectivity index (χ1) is 7.63. The molecule has 5 heteroatoms. The summed E-state index contributed by atoms with van der Waals surface area (Å²) in [5.41, 5.74) is 0. The van der Waals surface area contributed by atoms with Gasteiger partial charge in [-0.25, -0.2) is 0 Å². The van der Waals surface area contributed by atoms with Gasteiger partial charge in [0.05, 0.1) is 6.04 Å². The molecule has 16 heavy (non-hydrogen) atoms. The zero-order chi connectivity index (χ0) is 12.0. The summed E-state index contributed by atoms with van der Waals surface area (Å²) in [6.07, 6.45) is 3.47. The molecular weight excluding hydrogens is 204 g/mol. The van der Waals surface area contributed by atoms with Gasteiger partial charge < -0.3 is 20.9 Å². The predicted octanol–water partition coefficient (Wildman–Crippen LogP) is -1.22. The summed E-state index contributed by atoms with van der Waals surface area (Å²) in [5.74, 6) is -0.0178. The molecule has 3 N–H and O–H groups in total. The van der Waals surface area contributed by atoms with E-state index in [1.807, 2.05) is 32.1 Å². The topological polar surface area (TPSA) is 56.4 Å². The second-order valence-corrected chi connectivity index (χ2v) is 4.33. The van der Waals surface area contributed by atoms with Gasteiger partial charge in [-0.15, -0.1) is 0 Å². The molecule has 1 fully saturated rings. The van der Waals surface area contributed by atoms with E-state index in [0.717, 1.165) is 19.6 Å². The molecule has 1 heterocycles. The molecule has 0 radical (unpaired) electrons. The van der Waals surface area contributed by atoms with Crippen molar-refractivity contribution in [3.8, 4) is 0 Å². The zero-order valence-corrected chi connectivity index (χ0v) is 10.3. The highest BCUT2D eigenvalue weighted by molar-refractivity contribution is 5.87. The van der Waals surface area contributed by atoms with Crippen molar-refractivity contribution in [2.75, 3.05) is 40.8 Å². The Bertz CT molecular complexity index is 252. The van der Waals surface area contributed by atoms with Crippen LogP contribution in [0.15, 0.2) is 12.2 Å². The van der Waals surface area contributed by atoms with Crippen molar-refractivity contribution in [1.82, 2.24) is 20.9 Å². The summed E-state index contributed by atoms with van der Waals surface area (Å²) < 4.78 is 0. The summed E-state index contributed by atoms with van der Waals surface area (Å²) in [7, 11) is 5.86. The standard InChI is InChI=1S/C11H22N4O/c1-12-9-7-13-8-10(9)14-11(16)5-4-6-15(2)3/h4-5,9-10,12-13H,6-8H2,1-3H3,(H,14,16)/b5-4+/t9-,10?/m1/s1. The molecule has 1 aliphatic rings. The molecule has 0 aromatic rings. The smallest absolute Gasteiger partial charge is 0.244 e. The quantitative estimate of drug-likeness (QED) is 0.514. The van der Waals surface area contributed by atoms with Gasteiger partial charge in [0.15, 0.2) is 0 Å². The summed E-state index contributed by atoms with van der Waals surface area (Å²) in [6.45, 7) is 2.52. The second kappa shape index (κ2) is 6.62. The van der Waals surface area contributed by atoms with Gasteiger partial charge in [0, 0.05) is 31.8 Å². The summed E-state index contributed by atoms with van der Waals surface area (Å²) in [4.78, 5) is 13.6. The number of nitrogens with zero attached hydrogens (tertiary/aromatic N) is 1. The monoisotopic (exact) mass is 226 g/mol. The van der Waals surface area contributed by atoms with Gasteiger partial charge >= 0.3 is 0 Å². The van der Waals surface area contributed by atoms with Gasteiger partial charge in [0.2, 0.25) is 5.91 Å². The Morgan fingerprint density at radius 1 is 1.44 bits per heavy atom. The molecular formula is C11H22N4O. The van der Waals surface area contributed by atoms with Crippen LogP contribution < -0.4 is 16.0 Å². The molecule has 0 saturated carbocycles. The SMILES string of the molecule is CN[C@@H]1CNCC1NC(=O)/C=C/CN(C)C. The van der Waals surface area contributed by atoms with Crippen molar-refractivity contribution in [1.29, 1.82) is 0 Å². The fourth-order valence-corrected chi connectivity index (χ4v) is 1.74. The van der Waals surface area contributed by atoms with Crippen LogP contribution in [0, 0.1) is 0 Å². The van der Waals surface area contributed by atoms with Gasteiger partial charge in [-0.3, -0.25) is 4.79 Å². The highest BCUT2D eigenvalue weighted by Crippen LogP contribution is 1.98. The molecule has 1 rings (SSSR count). The molecule has 2 atom stereocenters. The summed E-state index contributed by atoms with van der Waals surface area (Å²) in [5, 5.41) is 9.41. The number of hydrogen-bond donors (Lipinski definition) is 3. The van der Waals surface area contributed by atoms with E-state index in [0.29, 0.717) is 6.04 Å². The molecule has 5 nitrogen and oxygen atoms in total. The van der Waals surface area contributed by atoms with Crippen LogP contribution in [0.2, 0.25) is 0 Å². The maximum absolute atomic E-state index is 11.6. The van der Waals surface area contributed by atoms with E-state index in [-0.39, 0.29) is 11.9 Å². The minimum atomic E-state index is -0.0178. The number of carbonyl (C=O) groups excluding carboxylic acids is 1. The number of amides is 1. The van der Waals surface area contributed by atoms with Crippen LogP contribution in [0.3, 0.4) is 0 Å². The van der Waals surface area contributed by atoms with E-state index in [2.05, 4.69) is 16.0 Å². The number of likely N-dealkylation sites (N-methyl/N-ethyl adjacent to an activating group) is 2. The molecule has 0 aromatic carbocycles. The molecule has 1 saturated heterocycles. The lowest BCUT2D eigenvalue weighted by molar-refractivity contribution is -0.117. The second-order valence-electron chi connectivity index (χ2n) is 4.33. The maximum atomic E-state index is 11.6. The fourth-order valence-electron chi connectivity index (χ4n) is 1.74. The normalized spacial score (nSPS) is 25.5. The van der Waals surface area contributed by atoms with Gasteiger partial charge in [-0.2, -0.15) is 0 Å². The number of nitrogens with one attached hydrogen (secondary N) is 3. The van der Waals surface area contributed by atoms with E-state index in [9.17, 15) is 4.79 Å². The van der Waals surface area contributed by atoms with Crippen molar-refractivity contribution < 1.29 is 4.79 Å². The molecule has 1 aliphatic heterocycles. The van der Waals surface area contributed by atoms with Crippen LogP contribution in [0.1, 0.15) is 0 Å². The molecule has 92 valence electrons. The Labute approximate surface area is 97.3 Å². The molecule has 0 spiro atoms. The lowest BCUT2D eigenvalue weighted by Gasteiger charge is -2.18. The Kier molecular flexibility index (Phi) is 5.45. The maximum Gasteiger partial charge on any atom is 0.244 e. The number of rotatable bonds is 5. The van der Waals surface area contributed by atoms with Gasteiger partial charge in [0.1, 0.15) is 0 Å². The largest absolute Gasteiger partial charge is 0.347 e. The van der Waals surface area contributed by atoms with E-state index < -0.39 is 0 Å². The molecule has 0 bridgehead atoms. The first-order valence-corrected chi connectivity index (χ1v) is 5.63. The van der Waals surface area contributed by atoms with E-state index in [4.69, 9.17) is 0 Å². The number of carbonyl (C=O) groups is 1. The molecule has 0 aromatic heterocycles. The van der Waals surface area contributed by atoms with Crippen molar-refractivity contribution in [3.05, 3.63) is 12.2 Å². The third-order valence-corrected chi connectivity index (χ3v) is 2.65. The van der Waals surface area contributed by atoms with Crippen LogP contribution in [0.4, 0.5) is 0 Å². The fraction of sp³-hybridized carbons (Fsp3) is 0.727. The first kappa shape index (κ1) is 13.2. The molecule has 1 unspecified atom stereocenters. The van der Waals surface area contributed by atoms with Gasteiger partial charge in [-0.1, -0.05) is 6.08 Å². The Balaban J connectivity index is 2.30. The number of hydrogen-bond acceptors (Lipinski definition) is 4. The average Bonchev–Trinajstić information content (AvgIpc) is 2.64. The molecule has 1 amide bonds. The predicted molar refractivity (Wildman–Crippen MR) is 65.3 cm³/mol. The van der Waals surface area contributed by atoms with E-state index in [1.165, 1.54) is 0 Å². The van der Waals surface area contributed by atoms with Crippen molar-refractivity contribution in [2.45, 2.75) is 12.1 Å². The highest BCUT2D eigenvalue weighted by Gasteiger charge is 2.25. The lowest BCUT2D eigenvalue weighted by atomic mass is 10.2. The summed E-state index contributed by atoms with van der Waals surface area (Å²) >= 11 is 0. The lowest BCUT2D eigenvalue weighted by Crippen LogP contribution is -2.47. The van der Waals surface area contributed by atoms with Crippen LogP contribution in [-0.4, -0.2) is 63.7 Å². The van der Waals surface area contributed by atoms with Crippen LogP contribution in [0.25, 0.3) is 0 Å². The average molecular weight is 226 g/mol. The zero-order valence-electron chi connectivity index (χ0n) is 10.3. The molecule has 0 aliphatic carbocycles. The van der Waals surface area contributed by atoms with Crippen LogP contribution in [0.5, 0.6) is 0 Å². The van der Waals surface area contributed by atoms with E-state index in [1.54, 1.807) is 6.08 Å². The van der Waals surface area contributed by atoms with Crippen LogP contribution in [-0.2, 0) is 4.79 Å². The third kappa shape index (κ3) is 4.30. The minimum Gasteiger partial charge on any atom is -0.347 e. The third-order valence-electron chi connectivity index (χ3n) is 2.65. The van der Waals surface area contributed by atoms with Crippen LogP contribution >= 0.6 is 0 Å². The van der Waals surface area contributed by atoms with Crippen molar-refractivity contribution in [3.63, 3.8) is 0 Å². The van der Waals surface area contributed by atoms with Gasteiger partial charge in [0.25, 0.3) is 0 Å². The van der Waals surface area contributed by atoms with E-state index >= 15 is 0 Å². The van der Waals surface area contributed by atoms with Crippen molar-refractivity contribution >= 4 is 5.91 Å². The Morgan fingerprint density at radius 2 is 2.12 bits per heavy atom. The first-order valence-electron chi connectivity index (χ1n) is 5.63. The highest BCUT2D eigenvalue weighted by atomic mass is 16.1. The summed E-state index contributed by atoms with van der Waals surface area (Å²) in [6, 6.07) is 0.507. The minimum absolute atomic E-state index is 0.0178.